The number of halogens is 1. The van der Waals surface area contributed by atoms with Gasteiger partial charge in [0.15, 0.2) is 0 Å². The van der Waals surface area contributed by atoms with E-state index in [-0.39, 0.29) is 11.2 Å². The van der Waals surface area contributed by atoms with Gasteiger partial charge in [-0.3, -0.25) is 10.00 Å². The van der Waals surface area contributed by atoms with Crippen molar-refractivity contribution in [3.8, 4) is 0 Å². The fraction of sp³-hybridized carbons (Fsp3) is 0.550. The molecule has 3 rings (SSSR count). The second-order valence-electron chi connectivity index (χ2n) is 8.19. The second-order valence-corrected chi connectivity index (χ2v) is 8.19. The fourth-order valence-electron chi connectivity index (χ4n) is 3.70. The first-order valence-electron chi connectivity index (χ1n) is 9.01. The van der Waals surface area contributed by atoms with Gasteiger partial charge in [0.05, 0.1) is 11.8 Å². The van der Waals surface area contributed by atoms with Crippen molar-refractivity contribution in [1.29, 1.82) is 0 Å². The number of aromatic nitrogens is 2. The third kappa shape index (κ3) is 4.10. The minimum atomic E-state index is -0.869. The third-order valence-electron chi connectivity index (χ3n) is 5.15. The molecule has 1 aromatic carbocycles. The van der Waals surface area contributed by atoms with Gasteiger partial charge in [-0.15, -0.1) is 0 Å². The summed E-state index contributed by atoms with van der Waals surface area (Å²) < 4.78 is 13.2. The molecule has 1 saturated heterocycles. The average molecular weight is 345 g/mol. The molecule has 1 aliphatic heterocycles. The van der Waals surface area contributed by atoms with E-state index in [2.05, 4.69) is 35.9 Å². The Kier molecular flexibility index (Phi) is 4.98. The van der Waals surface area contributed by atoms with Crippen molar-refractivity contribution in [3.63, 3.8) is 0 Å². The molecule has 0 amide bonds. The monoisotopic (exact) mass is 345 g/mol. The van der Waals surface area contributed by atoms with Gasteiger partial charge in [0.1, 0.15) is 5.82 Å². The molecule has 0 saturated carbocycles. The summed E-state index contributed by atoms with van der Waals surface area (Å²) in [6.45, 7) is 9.13. The van der Waals surface area contributed by atoms with Gasteiger partial charge >= 0.3 is 0 Å². The smallest absolute Gasteiger partial charge is 0.123 e. The van der Waals surface area contributed by atoms with E-state index < -0.39 is 5.60 Å². The van der Waals surface area contributed by atoms with Gasteiger partial charge in [-0.25, -0.2) is 4.39 Å². The van der Waals surface area contributed by atoms with E-state index in [0.29, 0.717) is 12.8 Å². The van der Waals surface area contributed by atoms with Gasteiger partial charge in [0.25, 0.3) is 0 Å². The topological polar surface area (TPSA) is 52.2 Å². The Labute approximate surface area is 149 Å². The molecule has 0 unspecified atom stereocenters. The van der Waals surface area contributed by atoms with E-state index in [9.17, 15) is 9.50 Å². The SMILES string of the molecule is CC(C)(C)c1[nH]ncc1CN1CCC[C@](O)(c2ccc(F)cc2)CC1. The Balaban J connectivity index is 1.70. The molecule has 0 aliphatic carbocycles. The number of hydrogen-bond acceptors (Lipinski definition) is 3. The van der Waals surface area contributed by atoms with E-state index in [1.165, 1.54) is 23.4 Å². The quantitative estimate of drug-likeness (QED) is 0.891. The van der Waals surface area contributed by atoms with Crippen LogP contribution in [0.4, 0.5) is 4.39 Å². The number of H-pyrrole nitrogens is 1. The number of hydrogen-bond donors (Lipinski definition) is 2. The summed E-state index contributed by atoms with van der Waals surface area (Å²) >= 11 is 0. The first-order valence-corrected chi connectivity index (χ1v) is 9.01. The molecule has 136 valence electrons. The summed E-state index contributed by atoms with van der Waals surface area (Å²) in [5.41, 5.74) is 2.37. The Morgan fingerprint density at radius 3 is 2.60 bits per heavy atom. The summed E-state index contributed by atoms with van der Waals surface area (Å²) in [4.78, 5) is 2.38. The molecular formula is C20H28FN3O. The van der Waals surface area contributed by atoms with Gasteiger partial charge in [-0.2, -0.15) is 5.10 Å². The lowest BCUT2D eigenvalue weighted by atomic mass is 9.87. The fourth-order valence-corrected chi connectivity index (χ4v) is 3.70. The highest BCUT2D eigenvalue weighted by Gasteiger charge is 2.32. The number of nitrogens with zero attached hydrogens (tertiary/aromatic N) is 2. The van der Waals surface area contributed by atoms with Gasteiger partial charge in [-0.05, 0) is 43.5 Å². The van der Waals surface area contributed by atoms with Crippen molar-refractivity contribution >= 4 is 0 Å². The zero-order valence-electron chi connectivity index (χ0n) is 15.3. The number of aliphatic hydroxyl groups is 1. The van der Waals surface area contributed by atoms with E-state index in [1.807, 2.05) is 6.20 Å². The summed E-state index contributed by atoms with van der Waals surface area (Å²) in [5.74, 6) is -0.266. The maximum absolute atomic E-state index is 13.2. The highest BCUT2D eigenvalue weighted by atomic mass is 19.1. The van der Waals surface area contributed by atoms with Crippen LogP contribution in [-0.4, -0.2) is 33.3 Å². The lowest BCUT2D eigenvalue weighted by Gasteiger charge is -2.28. The summed E-state index contributed by atoms with van der Waals surface area (Å²) in [7, 11) is 0. The molecular weight excluding hydrogens is 317 g/mol. The Hall–Kier alpha value is -1.72. The number of likely N-dealkylation sites (tertiary alicyclic amines) is 1. The molecule has 0 spiro atoms. The maximum atomic E-state index is 13.2. The van der Waals surface area contributed by atoms with Crippen LogP contribution in [0.3, 0.4) is 0 Å². The van der Waals surface area contributed by atoms with Crippen LogP contribution in [0.25, 0.3) is 0 Å². The number of nitrogens with one attached hydrogen (secondary N) is 1. The summed E-state index contributed by atoms with van der Waals surface area (Å²) in [6.07, 6.45) is 4.18. The largest absolute Gasteiger partial charge is 0.385 e. The van der Waals surface area contributed by atoms with Crippen molar-refractivity contribution in [1.82, 2.24) is 15.1 Å². The van der Waals surface area contributed by atoms with Gasteiger partial charge in [-0.1, -0.05) is 32.9 Å². The molecule has 1 atom stereocenters. The van der Waals surface area contributed by atoms with E-state index in [0.717, 1.165) is 31.6 Å². The second kappa shape index (κ2) is 6.89. The van der Waals surface area contributed by atoms with Crippen LogP contribution in [-0.2, 0) is 17.6 Å². The molecule has 1 aromatic heterocycles. The van der Waals surface area contributed by atoms with Crippen LogP contribution in [0, 0.1) is 5.82 Å². The lowest BCUT2D eigenvalue weighted by molar-refractivity contribution is 0.0209. The molecule has 0 radical (unpaired) electrons. The van der Waals surface area contributed by atoms with Gasteiger partial charge < -0.3 is 5.11 Å². The number of rotatable bonds is 3. The standard InChI is InChI=1S/C20H28FN3O/c1-19(2,3)18-15(13-22-23-18)14-24-11-4-9-20(25,10-12-24)16-5-7-17(21)8-6-16/h5-8,13,25H,4,9-12,14H2,1-3H3,(H,22,23)/t20-/m1/s1. The van der Waals surface area contributed by atoms with E-state index in [4.69, 9.17) is 0 Å². The Morgan fingerprint density at radius 2 is 1.92 bits per heavy atom. The maximum Gasteiger partial charge on any atom is 0.123 e. The number of benzene rings is 1. The Bertz CT molecular complexity index is 704. The molecule has 25 heavy (non-hydrogen) atoms. The molecule has 2 aromatic rings. The van der Waals surface area contributed by atoms with Crippen molar-refractivity contribution in [2.45, 2.75) is 57.6 Å². The van der Waals surface area contributed by atoms with Crippen LogP contribution >= 0.6 is 0 Å². The van der Waals surface area contributed by atoms with E-state index in [1.54, 1.807) is 12.1 Å². The molecule has 1 aliphatic rings. The predicted octanol–water partition coefficient (Wildman–Crippen LogP) is 3.72. The van der Waals surface area contributed by atoms with Crippen molar-refractivity contribution < 1.29 is 9.50 Å². The molecule has 5 heteroatoms. The third-order valence-corrected chi connectivity index (χ3v) is 5.15. The van der Waals surface area contributed by atoms with E-state index >= 15 is 0 Å². The van der Waals surface area contributed by atoms with Gasteiger partial charge in [0.2, 0.25) is 0 Å². The Morgan fingerprint density at radius 1 is 1.20 bits per heavy atom. The molecule has 2 heterocycles. The first-order chi connectivity index (χ1) is 11.8. The lowest BCUT2D eigenvalue weighted by Crippen LogP contribution is -2.29. The molecule has 1 fully saturated rings. The van der Waals surface area contributed by atoms with Crippen LogP contribution in [0.5, 0.6) is 0 Å². The number of aromatic amines is 1. The van der Waals surface area contributed by atoms with Crippen molar-refractivity contribution in [3.05, 3.63) is 53.1 Å². The normalized spacial score (nSPS) is 22.8. The summed E-state index contributed by atoms with van der Waals surface area (Å²) in [5, 5.41) is 18.4. The predicted molar refractivity (Wildman–Crippen MR) is 96.7 cm³/mol. The summed E-state index contributed by atoms with van der Waals surface area (Å²) in [6, 6.07) is 6.27. The van der Waals surface area contributed by atoms with Crippen LogP contribution in [0.1, 0.15) is 56.9 Å². The minimum absolute atomic E-state index is 0.0343. The zero-order valence-corrected chi connectivity index (χ0v) is 15.3. The van der Waals surface area contributed by atoms with Crippen molar-refractivity contribution in [2.75, 3.05) is 13.1 Å². The molecule has 2 N–H and O–H groups in total. The van der Waals surface area contributed by atoms with Crippen molar-refractivity contribution in [2.24, 2.45) is 0 Å². The highest BCUT2D eigenvalue weighted by molar-refractivity contribution is 5.25. The highest BCUT2D eigenvalue weighted by Crippen LogP contribution is 2.33. The van der Waals surface area contributed by atoms with Crippen LogP contribution in [0.2, 0.25) is 0 Å². The minimum Gasteiger partial charge on any atom is -0.385 e. The average Bonchev–Trinajstić information content (AvgIpc) is 2.93. The van der Waals surface area contributed by atoms with Crippen LogP contribution < -0.4 is 0 Å². The van der Waals surface area contributed by atoms with Crippen LogP contribution in [0.15, 0.2) is 30.5 Å². The first kappa shape index (κ1) is 18.1. The van der Waals surface area contributed by atoms with Gasteiger partial charge in [0, 0.05) is 29.8 Å². The molecule has 0 bridgehead atoms. The zero-order chi connectivity index (χ0) is 18.1. The molecule has 4 nitrogen and oxygen atoms in total.